The van der Waals surface area contributed by atoms with E-state index in [1.165, 1.54) is 0 Å². The molecule has 7 heteroatoms. The van der Waals surface area contributed by atoms with E-state index in [1.807, 2.05) is 0 Å². The van der Waals surface area contributed by atoms with Crippen molar-refractivity contribution in [3.8, 4) is 0 Å². The van der Waals surface area contributed by atoms with Crippen LogP contribution in [0.4, 0.5) is 4.79 Å². The van der Waals surface area contributed by atoms with Crippen LogP contribution in [0, 0.1) is 0 Å². The highest BCUT2D eigenvalue weighted by Crippen LogP contribution is 2.22. The lowest BCUT2D eigenvalue weighted by molar-refractivity contribution is -0.175. The summed E-state index contributed by atoms with van der Waals surface area (Å²) in [5, 5.41) is 0. The van der Waals surface area contributed by atoms with Crippen LogP contribution in [0.3, 0.4) is 0 Å². The summed E-state index contributed by atoms with van der Waals surface area (Å²) in [6, 6.07) is 0. The van der Waals surface area contributed by atoms with Crippen molar-refractivity contribution in [2.45, 2.75) is 65.0 Å². The van der Waals surface area contributed by atoms with E-state index < -0.39 is 41.5 Å². The van der Waals surface area contributed by atoms with Crippen molar-refractivity contribution in [3.05, 3.63) is 0 Å². The van der Waals surface area contributed by atoms with E-state index in [4.69, 9.17) is 9.47 Å². The van der Waals surface area contributed by atoms with Crippen molar-refractivity contribution in [2.75, 3.05) is 0 Å². The van der Waals surface area contributed by atoms with Gasteiger partial charge in [-0.2, -0.15) is 0 Å². The van der Waals surface area contributed by atoms with Crippen LogP contribution in [0.1, 0.15) is 41.5 Å². The molecule has 1 aliphatic heterocycles. The van der Waals surface area contributed by atoms with Crippen LogP contribution in [-0.4, -0.2) is 41.5 Å². The third-order valence-electron chi connectivity index (χ3n) is 2.00. The van der Waals surface area contributed by atoms with Crippen molar-refractivity contribution in [1.82, 2.24) is 0 Å². The first-order valence-electron chi connectivity index (χ1n) is 6.22. The van der Waals surface area contributed by atoms with E-state index in [9.17, 15) is 14.4 Å². The van der Waals surface area contributed by atoms with Gasteiger partial charge in [-0.1, -0.05) is 0 Å². The summed E-state index contributed by atoms with van der Waals surface area (Å²) in [5.74, 6) is -1.70. The second-order valence-electron chi connectivity index (χ2n) is 6.39. The zero-order valence-electron chi connectivity index (χ0n) is 12.5. The van der Waals surface area contributed by atoms with Gasteiger partial charge in [0.15, 0.2) is 0 Å². The smallest absolute Gasteiger partial charge is 0.457 e. The molecule has 0 radical (unpaired) electrons. The van der Waals surface area contributed by atoms with Crippen LogP contribution in [0.2, 0.25) is 0 Å². The number of carbonyl (C=O) groups excluding carboxylic acids is 3. The van der Waals surface area contributed by atoms with Crippen molar-refractivity contribution in [3.63, 3.8) is 0 Å². The summed E-state index contributed by atoms with van der Waals surface area (Å²) in [7, 11) is 0. The maximum Gasteiger partial charge on any atom is 0.510 e. The second kappa shape index (κ2) is 5.30. The molecule has 114 valence electrons. The highest BCUT2D eigenvalue weighted by molar-refractivity contribution is 5.90. The summed E-state index contributed by atoms with van der Waals surface area (Å²) < 4.78 is 19.5. The normalized spacial score (nSPS) is 22.8. The molecule has 2 unspecified atom stereocenters. The maximum atomic E-state index is 11.9. The average molecular weight is 288 g/mol. The van der Waals surface area contributed by atoms with Gasteiger partial charge in [0.05, 0.1) is 0 Å². The number of hydrogen-bond donors (Lipinski definition) is 0. The predicted molar refractivity (Wildman–Crippen MR) is 66.8 cm³/mol. The number of hydrogen-bond acceptors (Lipinski definition) is 7. The highest BCUT2D eigenvalue weighted by Gasteiger charge is 2.50. The number of rotatable bonds is 2. The van der Waals surface area contributed by atoms with Gasteiger partial charge < -0.3 is 18.9 Å². The van der Waals surface area contributed by atoms with Crippen molar-refractivity contribution in [1.29, 1.82) is 0 Å². The molecule has 0 bridgehead atoms. The molecule has 1 fully saturated rings. The Balaban J connectivity index is 2.81. The molecule has 20 heavy (non-hydrogen) atoms. The van der Waals surface area contributed by atoms with Crippen molar-refractivity contribution in [2.24, 2.45) is 0 Å². The van der Waals surface area contributed by atoms with E-state index in [1.54, 1.807) is 41.5 Å². The summed E-state index contributed by atoms with van der Waals surface area (Å²) in [6.45, 7) is 9.95. The molecule has 0 aromatic carbocycles. The number of esters is 2. The molecule has 0 aliphatic carbocycles. The summed E-state index contributed by atoms with van der Waals surface area (Å²) in [4.78, 5) is 34.9. The van der Waals surface area contributed by atoms with Crippen molar-refractivity contribution < 1.29 is 33.3 Å². The maximum absolute atomic E-state index is 11.9. The first kappa shape index (κ1) is 16.3. The molecule has 1 saturated heterocycles. The molecule has 2 atom stereocenters. The fraction of sp³-hybridized carbons (Fsp3) is 0.769. The number of ether oxygens (including phenoxy) is 4. The van der Waals surface area contributed by atoms with Gasteiger partial charge >= 0.3 is 18.1 Å². The lowest BCUT2D eigenvalue weighted by Crippen LogP contribution is -2.43. The van der Waals surface area contributed by atoms with Gasteiger partial charge in [-0.25, -0.2) is 14.4 Å². The molecule has 0 amide bonds. The van der Waals surface area contributed by atoms with Gasteiger partial charge in [0, 0.05) is 0 Å². The third-order valence-corrected chi connectivity index (χ3v) is 2.00. The van der Waals surface area contributed by atoms with E-state index in [0.717, 1.165) is 0 Å². The van der Waals surface area contributed by atoms with E-state index in [0.29, 0.717) is 0 Å². The van der Waals surface area contributed by atoms with Gasteiger partial charge in [0.25, 0.3) is 0 Å². The molecular weight excluding hydrogens is 268 g/mol. The molecule has 0 aromatic rings. The third kappa shape index (κ3) is 4.71. The van der Waals surface area contributed by atoms with Gasteiger partial charge in [0.2, 0.25) is 12.2 Å². The van der Waals surface area contributed by atoms with E-state index in [-0.39, 0.29) is 0 Å². The van der Waals surface area contributed by atoms with Gasteiger partial charge in [-0.05, 0) is 41.5 Å². The molecule has 7 nitrogen and oxygen atoms in total. The van der Waals surface area contributed by atoms with Crippen LogP contribution in [0.5, 0.6) is 0 Å². The summed E-state index contributed by atoms with van der Waals surface area (Å²) >= 11 is 0. The number of carbonyl (C=O) groups is 3. The fourth-order valence-corrected chi connectivity index (χ4v) is 1.42. The largest absolute Gasteiger partial charge is 0.510 e. The minimum absolute atomic E-state index is 0.773. The lowest BCUT2D eigenvalue weighted by atomic mass is 10.1. The molecule has 0 aromatic heterocycles. The Hall–Kier alpha value is -1.79. The Morgan fingerprint density at radius 2 is 1.15 bits per heavy atom. The van der Waals surface area contributed by atoms with Crippen LogP contribution >= 0.6 is 0 Å². The zero-order valence-corrected chi connectivity index (χ0v) is 12.5. The van der Waals surface area contributed by atoms with Crippen LogP contribution in [-0.2, 0) is 28.5 Å². The Labute approximate surface area is 117 Å². The quantitative estimate of drug-likeness (QED) is 0.563. The predicted octanol–water partition coefficient (Wildman–Crippen LogP) is 1.57. The summed E-state index contributed by atoms with van der Waals surface area (Å²) in [5.41, 5.74) is -1.55. The SMILES string of the molecule is CC(C)(C)OC(=O)C1OC(=O)OC1C(=O)OC(C)(C)C. The molecule has 1 aliphatic rings. The molecule has 0 saturated carbocycles. The minimum Gasteiger partial charge on any atom is -0.457 e. The summed E-state index contributed by atoms with van der Waals surface area (Å²) in [6.07, 6.45) is -4.00. The molecule has 0 spiro atoms. The second-order valence-corrected chi connectivity index (χ2v) is 6.39. The molecule has 1 heterocycles. The van der Waals surface area contributed by atoms with Gasteiger partial charge in [0.1, 0.15) is 11.2 Å². The lowest BCUT2D eigenvalue weighted by Gasteiger charge is -2.24. The standard InChI is InChI=1S/C13H20O7/c1-12(2,3)19-9(14)7-8(18-11(16)17-7)10(15)20-13(4,5)6/h7-8H,1-6H3. The minimum atomic E-state index is -1.45. The van der Waals surface area contributed by atoms with Gasteiger partial charge in [-0.3, -0.25) is 0 Å². The van der Waals surface area contributed by atoms with Crippen LogP contribution in [0.15, 0.2) is 0 Å². The average Bonchev–Trinajstić information content (AvgIpc) is 2.55. The first-order chi connectivity index (χ1) is 8.89. The highest BCUT2D eigenvalue weighted by atomic mass is 16.8. The topological polar surface area (TPSA) is 88.1 Å². The Morgan fingerprint density at radius 1 is 0.850 bits per heavy atom. The molecule has 1 rings (SSSR count). The Bertz CT molecular complexity index is 375. The fourth-order valence-electron chi connectivity index (χ4n) is 1.42. The molecule has 0 N–H and O–H groups in total. The van der Waals surface area contributed by atoms with E-state index >= 15 is 0 Å². The monoisotopic (exact) mass is 288 g/mol. The van der Waals surface area contributed by atoms with Crippen LogP contribution in [0.25, 0.3) is 0 Å². The Kier molecular flexibility index (Phi) is 4.31. The van der Waals surface area contributed by atoms with E-state index in [2.05, 4.69) is 9.47 Å². The zero-order chi connectivity index (χ0) is 15.7. The van der Waals surface area contributed by atoms with Crippen LogP contribution < -0.4 is 0 Å². The first-order valence-corrected chi connectivity index (χ1v) is 6.22. The Morgan fingerprint density at radius 3 is 1.40 bits per heavy atom. The number of cyclic esters (lactones) is 2. The van der Waals surface area contributed by atoms with Gasteiger partial charge in [-0.15, -0.1) is 0 Å². The molecular formula is C13H20O7. The van der Waals surface area contributed by atoms with Crippen molar-refractivity contribution >= 4 is 18.1 Å².